The van der Waals surface area contributed by atoms with E-state index in [0.717, 1.165) is 11.2 Å². The maximum atomic E-state index is 13.4. The first-order valence-corrected chi connectivity index (χ1v) is 9.38. The van der Waals surface area contributed by atoms with Crippen molar-refractivity contribution in [1.82, 2.24) is 19.9 Å². The minimum atomic E-state index is -0.562. The summed E-state index contributed by atoms with van der Waals surface area (Å²) in [5, 5.41) is 13.3. The molecule has 3 aromatic heterocycles. The molecule has 142 valence electrons. The molecule has 0 aromatic carbocycles. The number of pyridine rings is 1. The number of ketones is 1. The second-order valence-electron chi connectivity index (χ2n) is 6.39. The van der Waals surface area contributed by atoms with E-state index in [0.29, 0.717) is 28.0 Å². The van der Waals surface area contributed by atoms with Gasteiger partial charge in [-0.3, -0.25) is 9.78 Å². The van der Waals surface area contributed by atoms with E-state index in [-0.39, 0.29) is 24.2 Å². The number of rotatable bonds is 7. The van der Waals surface area contributed by atoms with Crippen LogP contribution in [0.4, 0.5) is 10.3 Å². The lowest BCUT2D eigenvalue weighted by atomic mass is 10.1. The lowest BCUT2D eigenvalue weighted by Crippen LogP contribution is -2.13. The summed E-state index contributed by atoms with van der Waals surface area (Å²) in [7, 11) is 0. The number of Topliss-reactive ketones (excluding diaryl/α,β-unsaturated/α-hetero) is 1. The number of anilines is 1. The van der Waals surface area contributed by atoms with Crippen LogP contribution in [0.2, 0.25) is 0 Å². The Morgan fingerprint density at radius 3 is 2.78 bits per heavy atom. The van der Waals surface area contributed by atoms with Crippen LogP contribution < -0.4 is 5.32 Å². The van der Waals surface area contributed by atoms with E-state index in [9.17, 15) is 14.3 Å². The molecule has 3 rings (SSSR count). The molecule has 0 aliphatic carbocycles. The number of aliphatic hydroxyl groups is 1. The Bertz CT molecular complexity index is 976. The van der Waals surface area contributed by atoms with Gasteiger partial charge in [0.05, 0.1) is 23.4 Å². The van der Waals surface area contributed by atoms with E-state index in [1.165, 1.54) is 17.4 Å². The number of aliphatic hydroxyl groups excluding tert-OH is 1. The van der Waals surface area contributed by atoms with Crippen molar-refractivity contribution in [2.75, 3.05) is 5.32 Å². The summed E-state index contributed by atoms with van der Waals surface area (Å²) < 4.78 is 14.0. The zero-order chi connectivity index (χ0) is 19.6. The summed E-state index contributed by atoms with van der Waals surface area (Å²) in [5.74, 6) is -0.360. The van der Waals surface area contributed by atoms with Crippen molar-refractivity contribution in [2.45, 2.75) is 45.8 Å². The molecular weight excluding hydrogens is 369 g/mol. The second-order valence-corrected chi connectivity index (χ2v) is 7.60. The Kier molecular flexibility index (Phi) is 5.71. The van der Waals surface area contributed by atoms with Gasteiger partial charge in [0.15, 0.2) is 11.4 Å². The van der Waals surface area contributed by atoms with Gasteiger partial charge in [-0.05, 0) is 38.8 Å². The highest BCUT2D eigenvalue weighted by Crippen LogP contribution is 2.27. The van der Waals surface area contributed by atoms with Gasteiger partial charge in [0.25, 0.3) is 0 Å². The fraction of sp³-hybridized carbons (Fsp3) is 0.389. The molecule has 2 N–H and O–H groups in total. The highest BCUT2D eigenvalue weighted by molar-refractivity contribution is 7.18. The second kappa shape index (κ2) is 8.01. The van der Waals surface area contributed by atoms with Crippen LogP contribution in [0.15, 0.2) is 18.5 Å². The third-order valence-electron chi connectivity index (χ3n) is 3.99. The maximum Gasteiger partial charge on any atom is 0.225 e. The molecule has 2 atom stereocenters. The van der Waals surface area contributed by atoms with Crippen LogP contribution in [0, 0.1) is 12.7 Å². The molecule has 3 heterocycles. The molecule has 0 aliphatic heterocycles. The molecule has 0 amide bonds. The molecule has 7 nitrogen and oxygen atoms in total. The van der Waals surface area contributed by atoms with E-state index >= 15 is 0 Å². The van der Waals surface area contributed by atoms with Crippen molar-refractivity contribution in [3.05, 3.63) is 40.5 Å². The number of thiazole rings is 1. The van der Waals surface area contributed by atoms with Gasteiger partial charge in [-0.1, -0.05) is 0 Å². The minimum Gasteiger partial charge on any atom is -0.393 e. The molecular formula is C18H20FN5O2S. The average molecular weight is 389 g/mol. The van der Waals surface area contributed by atoms with Crippen molar-refractivity contribution in [3.8, 4) is 0 Å². The van der Waals surface area contributed by atoms with Crippen LogP contribution in [0.3, 0.4) is 0 Å². The number of halogens is 1. The van der Waals surface area contributed by atoms with E-state index in [2.05, 4.69) is 25.3 Å². The number of hydrogen-bond acceptors (Lipinski definition) is 8. The summed E-state index contributed by atoms with van der Waals surface area (Å²) in [5.41, 5.74) is 1.37. The lowest BCUT2D eigenvalue weighted by Gasteiger charge is -2.14. The summed E-state index contributed by atoms with van der Waals surface area (Å²) in [6.07, 6.45) is 2.67. The van der Waals surface area contributed by atoms with Gasteiger partial charge in [-0.15, -0.1) is 11.3 Å². The normalized spacial score (nSPS) is 13.5. The topological polar surface area (TPSA) is 101 Å². The largest absolute Gasteiger partial charge is 0.393 e. The number of fused-ring (bicyclic) bond motifs is 1. The van der Waals surface area contributed by atoms with Crippen molar-refractivity contribution >= 4 is 33.4 Å². The molecule has 0 fully saturated rings. The lowest BCUT2D eigenvalue weighted by molar-refractivity contribution is 0.0946. The molecule has 0 aliphatic rings. The number of hydrogen-bond donors (Lipinski definition) is 2. The fourth-order valence-corrected chi connectivity index (χ4v) is 3.45. The first-order valence-electron chi connectivity index (χ1n) is 8.57. The highest BCUT2D eigenvalue weighted by atomic mass is 32.1. The standard InChI is InChI=1S/C18H20FN5O2S/c1-9(25)4-5-14(26)15-16-17(22-11(3)27-16)24-18(23-15)21-10(2)12-6-13(19)8-20-7-12/h6-10,25H,4-5H2,1-3H3,(H,21,23,24)/t9-,10+/m1/s1. The monoisotopic (exact) mass is 389 g/mol. The van der Waals surface area contributed by atoms with Crippen LogP contribution in [0.1, 0.15) is 53.8 Å². The van der Waals surface area contributed by atoms with E-state index in [1.807, 2.05) is 13.8 Å². The maximum absolute atomic E-state index is 13.4. The smallest absolute Gasteiger partial charge is 0.225 e. The van der Waals surface area contributed by atoms with Crippen LogP contribution in [0.25, 0.3) is 10.3 Å². The fourth-order valence-electron chi connectivity index (χ4n) is 2.58. The average Bonchev–Trinajstić information content (AvgIpc) is 2.98. The van der Waals surface area contributed by atoms with Crippen LogP contribution >= 0.6 is 11.3 Å². The number of nitrogens with one attached hydrogen (secondary N) is 1. The summed E-state index contributed by atoms with van der Waals surface area (Å²) in [6.45, 7) is 5.30. The van der Waals surface area contributed by atoms with Gasteiger partial charge in [-0.2, -0.15) is 4.98 Å². The molecule has 0 unspecified atom stereocenters. The molecule has 9 heteroatoms. The van der Waals surface area contributed by atoms with Gasteiger partial charge < -0.3 is 10.4 Å². The third kappa shape index (κ3) is 4.61. The number of carbonyl (C=O) groups excluding carboxylic acids is 1. The molecule has 0 saturated heterocycles. The SMILES string of the molecule is Cc1nc2nc(N[C@@H](C)c3cncc(F)c3)nc(C(=O)CC[C@@H](C)O)c2s1. The summed E-state index contributed by atoms with van der Waals surface area (Å²) >= 11 is 1.36. The van der Waals surface area contributed by atoms with Crippen LogP contribution in [-0.2, 0) is 0 Å². The van der Waals surface area contributed by atoms with Crippen molar-refractivity contribution < 1.29 is 14.3 Å². The molecule has 27 heavy (non-hydrogen) atoms. The highest BCUT2D eigenvalue weighted by Gasteiger charge is 2.19. The van der Waals surface area contributed by atoms with Gasteiger partial charge >= 0.3 is 0 Å². The Labute approximate surface area is 159 Å². The van der Waals surface area contributed by atoms with E-state index in [1.54, 1.807) is 13.1 Å². The Balaban J connectivity index is 1.92. The Morgan fingerprint density at radius 2 is 2.07 bits per heavy atom. The molecule has 0 radical (unpaired) electrons. The van der Waals surface area contributed by atoms with Gasteiger partial charge in [0, 0.05) is 12.6 Å². The first-order chi connectivity index (χ1) is 12.8. The third-order valence-corrected chi connectivity index (χ3v) is 4.95. The van der Waals surface area contributed by atoms with Crippen molar-refractivity contribution in [2.24, 2.45) is 0 Å². The quantitative estimate of drug-likeness (QED) is 0.597. The van der Waals surface area contributed by atoms with E-state index in [4.69, 9.17) is 0 Å². The Morgan fingerprint density at radius 1 is 1.30 bits per heavy atom. The van der Waals surface area contributed by atoms with E-state index < -0.39 is 11.9 Å². The number of aryl methyl sites for hydroxylation is 1. The summed E-state index contributed by atoms with van der Waals surface area (Å²) in [4.78, 5) is 29.6. The molecule has 0 saturated carbocycles. The number of nitrogens with zero attached hydrogens (tertiary/aromatic N) is 4. The zero-order valence-electron chi connectivity index (χ0n) is 15.2. The van der Waals surface area contributed by atoms with Crippen molar-refractivity contribution in [3.63, 3.8) is 0 Å². The van der Waals surface area contributed by atoms with Gasteiger partial charge in [0.2, 0.25) is 5.95 Å². The molecule has 3 aromatic rings. The number of carbonyl (C=O) groups is 1. The van der Waals surface area contributed by atoms with Gasteiger partial charge in [0.1, 0.15) is 16.2 Å². The number of aromatic nitrogens is 4. The predicted molar refractivity (Wildman–Crippen MR) is 101 cm³/mol. The van der Waals surface area contributed by atoms with Crippen LogP contribution in [0.5, 0.6) is 0 Å². The Hall–Kier alpha value is -2.52. The zero-order valence-corrected chi connectivity index (χ0v) is 16.0. The van der Waals surface area contributed by atoms with Crippen LogP contribution in [-0.4, -0.2) is 36.9 Å². The molecule has 0 bridgehead atoms. The summed E-state index contributed by atoms with van der Waals surface area (Å²) in [6, 6.07) is 1.07. The minimum absolute atomic E-state index is 0.171. The molecule has 0 spiro atoms. The predicted octanol–water partition coefficient (Wildman–Crippen LogP) is 3.45. The first kappa shape index (κ1) is 19.2. The van der Waals surface area contributed by atoms with Crippen molar-refractivity contribution in [1.29, 1.82) is 0 Å². The van der Waals surface area contributed by atoms with Gasteiger partial charge in [-0.25, -0.2) is 14.4 Å².